The summed E-state index contributed by atoms with van der Waals surface area (Å²) in [7, 11) is 0.852. The normalized spacial score (nSPS) is 23.4. The molecule has 1 N–H and O–H groups in total. The smallest absolute Gasteiger partial charge is 0.406 e. The Morgan fingerprint density at radius 2 is 1.95 bits per heavy atom. The molecule has 0 fully saturated rings. The highest BCUT2D eigenvalue weighted by Gasteiger charge is 2.14. The third-order valence-electron chi connectivity index (χ3n) is 2.29. The fourth-order valence-electron chi connectivity index (χ4n) is 1.26. The summed E-state index contributed by atoms with van der Waals surface area (Å²) in [6.07, 6.45) is -8.89. The molecule has 0 radical (unpaired) electrons. The Morgan fingerprint density at radius 3 is 2.68 bits per heavy atom. The van der Waals surface area contributed by atoms with Crippen molar-refractivity contribution in [2.75, 3.05) is 13.6 Å². The molecule has 4 heteroatoms. The van der Waals surface area contributed by atoms with Crippen molar-refractivity contribution in [2.24, 2.45) is 0 Å². The molecule has 0 bridgehead atoms. The molecule has 2 aromatic carbocycles. The van der Waals surface area contributed by atoms with E-state index in [1.807, 2.05) is 0 Å². The van der Waals surface area contributed by atoms with Crippen LogP contribution in [0, 0.1) is 6.92 Å². The second kappa shape index (κ2) is 8.08. The van der Waals surface area contributed by atoms with E-state index in [0.717, 1.165) is 14.0 Å². The first-order valence-electron chi connectivity index (χ1n) is 13.0. The molecule has 0 heterocycles. The summed E-state index contributed by atoms with van der Waals surface area (Å²) in [6.45, 7) is -2.41. The number of benzene rings is 2. The SMILES string of the molecule is [2H]c1c([2H])c([2H])c([C@]([2H])(Oc2c([2H])c([2H])c([2H])c([2H])c2C)C([2H])([2H])C([2H])([2H])NC(=O)OC)c([2H])c1[2H]. The van der Waals surface area contributed by atoms with E-state index >= 15 is 0 Å². The molecule has 1 atom stereocenters. The minimum atomic E-state index is -3.79. The number of ether oxygens (including phenoxy) is 2. The molecule has 2 rings (SSSR count). The number of carbonyl (C=O) groups is 1. The van der Waals surface area contributed by atoms with Crippen molar-refractivity contribution in [3.05, 3.63) is 65.5 Å². The molecule has 0 spiro atoms. The Kier molecular flexibility index (Phi) is 2.06. The van der Waals surface area contributed by atoms with Crippen LogP contribution in [0.4, 0.5) is 4.79 Å². The van der Waals surface area contributed by atoms with E-state index < -0.39 is 90.7 Å². The van der Waals surface area contributed by atoms with E-state index in [2.05, 4.69) is 4.74 Å². The van der Waals surface area contributed by atoms with Gasteiger partial charge in [0.2, 0.25) is 0 Å². The van der Waals surface area contributed by atoms with Gasteiger partial charge in [0.15, 0.2) is 0 Å². The number of para-hydroxylation sites is 1. The third kappa shape index (κ3) is 4.52. The van der Waals surface area contributed by atoms with Crippen LogP contribution < -0.4 is 10.1 Å². The van der Waals surface area contributed by atoms with Crippen LogP contribution in [0.3, 0.4) is 0 Å². The van der Waals surface area contributed by atoms with Crippen LogP contribution >= 0.6 is 0 Å². The van der Waals surface area contributed by atoms with Crippen molar-refractivity contribution in [1.82, 2.24) is 5.32 Å². The van der Waals surface area contributed by atoms with Crippen LogP contribution in [0.25, 0.3) is 0 Å². The maximum absolute atomic E-state index is 11.7. The molecule has 116 valence electrons. The van der Waals surface area contributed by atoms with Gasteiger partial charge in [-0.3, -0.25) is 0 Å². The Hall–Kier alpha value is -2.49. The number of methoxy groups -OCH3 is 1. The molecule has 2 aromatic rings. The number of carbonyl (C=O) groups excluding carboxylic acids is 1. The maximum Gasteiger partial charge on any atom is 0.406 e. The predicted octanol–water partition coefficient (Wildman–Crippen LogP) is 3.86. The highest BCUT2D eigenvalue weighted by atomic mass is 16.5. The molecule has 0 aliphatic heterocycles. The van der Waals surface area contributed by atoms with Crippen molar-refractivity contribution >= 4 is 6.09 Å². The van der Waals surface area contributed by atoms with Gasteiger partial charge < -0.3 is 14.8 Å². The quantitative estimate of drug-likeness (QED) is 0.881. The van der Waals surface area contributed by atoms with Gasteiger partial charge in [-0.05, 0) is 24.1 Å². The predicted molar refractivity (Wildman–Crippen MR) is 86.0 cm³/mol. The van der Waals surface area contributed by atoms with Crippen molar-refractivity contribution in [2.45, 2.75) is 19.4 Å². The lowest BCUT2D eigenvalue weighted by molar-refractivity contribution is 0.164. The van der Waals surface area contributed by atoms with Crippen molar-refractivity contribution < 1.29 is 33.5 Å². The lowest BCUT2D eigenvalue weighted by Gasteiger charge is -2.21. The standard InChI is InChI=1S/C18H21NO3/c1-14-8-6-7-11-16(14)22-17(12-13-19-18(20)21-2)15-9-4-3-5-10-15/h3-11,17H,12-13H2,1-2H3,(H,19,20)/t17-/m1/s1/i3D,4D,5D,6D,7D,8D,9D,10D,11D,12D2,13D2,17D. The summed E-state index contributed by atoms with van der Waals surface area (Å²) >= 11 is 0. The molecule has 0 saturated carbocycles. The number of hydrogen-bond acceptors (Lipinski definition) is 3. The summed E-state index contributed by atoms with van der Waals surface area (Å²) in [6, 6.07) is -8.23. The number of rotatable bonds is 6. The third-order valence-corrected chi connectivity index (χ3v) is 2.29. The van der Waals surface area contributed by atoms with E-state index in [1.54, 1.807) is 5.32 Å². The van der Waals surface area contributed by atoms with Gasteiger partial charge in [0, 0.05) is 18.4 Å². The zero-order valence-electron chi connectivity index (χ0n) is 25.7. The topological polar surface area (TPSA) is 47.6 Å². The Balaban J connectivity index is 3.04. The highest BCUT2D eigenvalue weighted by Crippen LogP contribution is 2.26. The minimum absolute atomic E-state index is 0.331. The van der Waals surface area contributed by atoms with E-state index in [0.29, 0.717) is 0 Å². The number of nitrogens with one attached hydrogen (secondary N) is 1. The van der Waals surface area contributed by atoms with Crippen LogP contribution in [-0.2, 0) is 4.74 Å². The van der Waals surface area contributed by atoms with Gasteiger partial charge in [-0.15, -0.1) is 0 Å². The lowest BCUT2D eigenvalue weighted by atomic mass is 10.1. The number of alkyl carbamates (subject to hydrolysis) is 1. The highest BCUT2D eigenvalue weighted by molar-refractivity contribution is 5.66. The van der Waals surface area contributed by atoms with Crippen molar-refractivity contribution in [1.29, 1.82) is 0 Å². The van der Waals surface area contributed by atoms with Crippen LogP contribution in [0.1, 0.15) is 42.8 Å². The Labute approximate surface area is 150 Å². The first-order valence-corrected chi connectivity index (χ1v) is 5.97. The summed E-state index contributed by atoms with van der Waals surface area (Å²) in [5.41, 5.74) is -1.51. The van der Waals surface area contributed by atoms with Gasteiger partial charge in [0.25, 0.3) is 0 Å². The van der Waals surface area contributed by atoms with Crippen molar-refractivity contribution in [3.63, 3.8) is 0 Å². The largest absolute Gasteiger partial charge is 0.485 e. The lowest BCUT2D eigenvalue weighted by Crippen LogP contribution is -2.26. The van der Waals surface area contributed by atoms with Crippen LogP contribution in [-0.4, -0.2) is 19.7 Å². The number of amides is 1. The average molecular weight is 313 g/mol. The van der Waals surface area contributed by atoms with Crippen LogP contribution in [0.15, 0.2) is 54.4 Å². The molecule has 4 nitrogen and oxygen atoms in total. The Morgan fingerprint density at radius 1 is 1.27 bits per heavy atom. The second-order valence-corrected chi connectivity index (χ2v) is 3.75. The molecule has 1 amide bonds. The summed E-state index contributed by atoms with van der Waals surface area (Å²) in [4.78, 5) is 11.7. The molecule has 0 unspecified atom stereocenters. The van der Waals surface area contributed by atoms with Gasteiger partial charge in [-0.2, -0.15) is 0 Å². The zero-order chi connectivity index (χ0) is 28.1. The Bertz CT molecular complexity index is 1180. The minimum Gasteiger partial charge on any atom is -0.485 e. The molecule has 0 saturated heterocycles. The average Bonchev–Trinajstić information content (AvgIpc) is 2.81. The molecular weight excluding hydrogens is 278 g/mol. The zero-order valence-corrected chi connectivity index (χ0v) is 11.7. The van der Waals surface area contributed by atoms with Crippen molar-refractivity contribution in [3.8, 4) is 5.75 Å². The van der Waals surface area contributed by atoms with E-state index in [1.165, 1.54) is 0 Å². The van der Waals surface area contributed by atoms with Gasteiger partial charge in [0.05, 0.1) is 20.8 Å². The monoisotopic (exact) mass is 313 g/mol. The molecule has 0 aromatic heterocycles. The van der Waals surface area contributed by atoms with E-state index in [-0.39, 0.29) is 5.56 Å². The van der Waals surface area contributed by atoms with Crippen LogP contribution in [0.5, 0.6) is 5.75 Å². The fraction of sp³-hybridized carbons (Fsp3) is 0.278. The van der Waals surface area contributed by atoms with Gasteiger partial charge >= 0.3 is 6.09 Å². The van der Waals surface area contributed by atoms with E-state index in [9.17, 15) is 4.79 Å². The van der Waals surface area contributed by atoms with Gasteiger partial charge in [0.1, 0.15) is 11.8 Å². The first-order chi connectivity index (χ1) is 16.3. The number of hydrogen-bond donors (Lipinski definition) is 1. The first kappa shape index (κ1) is 5.61. The molecule has 22 heavy (non-hydrogen) atoms. The summed E-state index contributed by atoms with van der Waals surface area (Å²) in [5, 5.41) is 1.54. The second-order valence-electron chi connectivity index (χ2n) is 3.75. The van der Waals surface area contributed by atoms with Crippen LogP contribution in [0.2, 0.25) is 0 Å². The molecule has 0 aliphatic carbocycles. The van der Waals surface area contributed by atoms with Gasteiger partial charge in [-0.1, -0.05) is 48.3 Å². The summed E-state index contributed by atoms with van der Waals surface area (Å²) in [5.74, 6) is -0.833. The fourth-order valence-corrected chi connectivity index (χ4v) is 1.26. The van der Waals surface area contributed by atoms with E-state index in [4.69, 9.17) is 23.9 Å². The van der Waals surface area contributed by atoms with Gasteiger partial charge in [-0.25, -0.2) is 4.79 Å². The molecule has 0 aliphatic rings. The molecular formula is C18H21NO3. The maximum atomic E-state index is 11.7. The summed E-state index contributed by atoms with van der Waals surface area (Å²) < 4.78 is 124.